The predicted octanol–water partition coefficient (Wildman–Crippen LogP) is 3.32. The lowest BCUT2D eigenvalue weighted by molar-refractivity contribution is 0.928. The van der Waals surface area contributed by atoms with Crippen LogP contribution >= 0.6 is 11.3 Å². The van der Waals surface area contributed by atoms with Crippen molar-refractivity contribution >= 4 is 27.8 Å². The average Bonchev–Trinajstić information content (AvgIpc) is 3.02. The minimum Gasteiger partial charge on any atom is -0.325 e. The third-order valence-corrected chi connectivity index (χ3v) is 4.21. The molecule has 0 aliphatic carbocycles. The van der Waals surface area contributed by atoms with Gasteiger partial charge in [-0.15, -0.1) is 11.3 Å². The van der Waals surface area contributed by atoms with E-state index in [1.54, 1.807) is 11.3 Å². The van der Waals surface area contributed by atoms with Crippen LogP contribution in [0.25, 0.3) is 4.96 Å². The second kappa shape index (κ2) is 5.26. The first-order valence-electron chi connectivity index (χ1n) is 6.73. The van der Waals surface area contributed by atoms with Gasteiger partial charge >= 0.3 is 0 Å². The smallest absolute Gasteiger partial charge is 0.195 e. The Kier molecular flexibility index (Phi) is 3.46. The second-order valence-corrected chi connectivity index (χ2v) is 5.59. The highest BCUT2D eigenvalue weighted by molar-refractivity contribution is 7.15. The van der Waals surface area contributed by atoms with Crippen LogP contribution in [0.5, 0.6) is 0 Å². The van der Waals surface area contributed by atoms with E-state index in [9.17, 15) is 0 Å². The average molecular weight is 286 g/mol. The van der Waals surface area contributed by atoms with Gasteiger partial charge in [0.2, 0.25) is 0 Å². The van der Waals surface area contributed by atoms with Crippen LogP contribution in [-0.4, -0.2) is 15.9 Å². The number of benzene rings is 1. The van der Waals surface area contributed by atoms with E-state index < -0.39 is 0 Å². The molecule has 4 nitrogen and oxygen atoms in total. The summed E-state index contributed by atoms with van der Waals surface area (Å²) >= 11 is 1.63. The Morgan fingerprint density at radius 1 is 1.30 bits per heavy atom. The molecule has 2 heterocycles. The molecule has 20 heavy (non-hydrogen) atoms. The van der Waals surface area contributed by atoms with Gasteiger partial charge in [0.05, 0.1) is 5.69 Å². The summed E-state index contributed by atoms with van der Waals surface area (Å²) in [6.07, 6.45) is 2.03. The molecule has 3 rings (SSSR count). The molecular weight excluding hydrogens is 268 g/mol. The van der Waals surface area contributed by atoms with Gasteiger partial charge < -0.3 is 10.6 Å². The quantitative estimate of drug-likeness (QED) is 0.800. The zero-order valence-corrected chi connectivity index (χ0v) is 12.5. The van der Waals surface area contributed by atoms with Crippen LogP contribution in [0.4, 0.5) is 11.5 Å². The molecule has 2 aromatic heterocycles. The molecular formula is C15H18N4S. The molecule has 0 bridgehead atoms. The molecule has 0 aliphatic heterocycles. The molecule has 0 radical (unpaired) electrons. The van der Waals surface area contributed by atoms with Gasteiger partial charge in [-0.2, -0.15) is 0 Å². The van der Waals surface area contributed by atoms with Crippen molar-refractivity contribution in [1.82, 2.24) is 9.38 Å². The number of hydrogen-bond donors (Lipinski definition) is 1. The summed E-state index contributed by atoms with van der Waals surface area (Å²) < 4.78 is 2.08. The lowest BCUT2D eigenvalue weighted by Gasteiger charge is -2.22. The Balaban J connectivity index is 2.10. The zero-order chi connectivity index (χ0) is 14.1. The molecule has 0 fully saturated rings. The maximum absolute atomic E-state index is 5.93. The van der Waals surface area contributed by atoms with Gasteiger partial charge in [0, 0.05) is 30.4 Å². The molecule has 2 N–H and O–H groups in total. The number of anilines is 2. The monoisotopic (exact) mass is 286 g/mol. The zero-order valence-electron chi connectivity index (χ0n) is 11.7. The summed E-state index contributed by atoms with van der Waals surface area (Å²) in [4.78, 5) is 7.94. The Morgan fingerprint density at radius 3 is 2.70 bits per heavy atom. The highest BCUT2D eigenvalue weighted by Gasteiger charge is 2.18. The molecule has 0 saturated carbocycles. The Morgan fingerprint density at radius 2 is 2.05 bits per heavy atom. The number of imidazole rings is 1. The van der Waals surface area contributed by atoms with Gasteiger partial charge in [-0.05, 0) is 26.0 Å². The van der Waals surface area contributed by atoms with Gasteiger partial charge in [-0.25, -0.2) is 4.98 Å². The highest BCUT2D eigenvalue weighted by atomic mass is 32.1. The maximum Gasteiger partial charge on any atom is 0.195 e. The number of thiazole rings is 1. The van der Waals surface area contributed by atoms with E-state index in [2.05, 4.69) is 47.4 Å². The molecule has 0 spiro atoms. The second-order valence-electron chi connectivity index (χ2n) is 4.72. The first-order valence-corrected chi connectivity index (χ1v) is 7.61. The van der Waals surface area contributed by atoms with Crippen LogP contribution in [0, 0.1) is 6.92 Å². The normalized spacial score (nSPS) is 11.2. The van der Waals surface area contributed by atoms with Crippen molar-refractivity contribution in [3.8, 4) is 0 Å². The van der Waals surface area contributed by atoms with Gasteiger partial charge in [-0.3, -0.25) is 4.40 Å². The largest absolute Gasteiger partial charge is 0.325 e. The molecule has 0 saturated heterocycles. The van der Waals surface area contributed by atoms with Crippen LogP contribution in [0.1, 0.15) is 18.2 Å². The van der Waals surface area contributed by atoms with E-state index in [0.717, 1.165) is 28.7 Å². The number of rotatable bonds is 4. The molecule has 0 aliphatic rings. The van der Waals surface area contributed by atoms with Crippen LogP contribution in [-0.2, 0) is 6.54 Å². The van der Waals surface area contributed by atoms with Crippen molar-refractivity contribution in [3.05, 3.63) is 47.1 Å². The first-order chi connectivity index (χ1) is 9.74. The van der Waals surface area contributed by atoms with Crippen LogP contribution in [0.2, 0.25) is 0 Å². The molecule has 3 aromatic rings. The number of nitrogens with two attached hydrogens (primary N) is 1. The van der Waals surface area contributed by atoms with Gasteiger partial charge in [0.1, 0.15) is 0 Å². The summed E-state index contributed by atoms with van der Waals surface area (Å²) in [5.74, 6) is 0.964. The van der Waals surface area contributed by atoms with Crippen molar-refractivity contribution < 1.29 is 0 Å². The topological polar surface area (TPSA) is 46.6 Å². The first kappa shape index (κ1) is 13.1. The van der Waals surface area contributed by atoms with E-state index in [1.807, 2.05) is 11.6 Å². The fraction of sp³-hybridized carbons (Fsp3) is 0.267. The maximum atomic E-state index is 5.93. The van der Waals surface area contributed by atoms with Crippen molar-refractivity contribution in [2.75, 3.05) is 11.4 Å². The number of aromatic nitrogens is 2. The number of aryl methyl sites for hydroxylation is 1. The van der Waals surface area contributed by atoms with Gasteiger partial charge in [-0.1, -0.05) is 17.7 Å². The fourth-order valence-corrected chi connectivity index (χ4v) is 3.13. The lowest BCUT2D eigenvalue weighted by Crippen LogP contribution is -2.19. The minimum absolute atomic E-state index is 0.482. The third-order valence-electron chi connectivity index (χ3n) is 3.45. The minimum atomic E-state index is 0.482. The predicted molar refractivity (Wildman–Crippen MR) is 84.8 cm³/mol. The van der Waals surface area contributed by atoms with Crippen molar-refractivity contribution in [1.29, 1.82) is 0 Å². The summed E-state index contributed by atoms with van der Waals surface area (Å²) in [6.45, 7) is 5.57. The third kappa shape index (κ3) is 2.09. The lowest BCUT2D eigenvalue weighted by atomic mass is 10.2. The molecule has 0 unspecified atom stereocenters. The van der Waals surface area contributed by atoms with Gasteiger partial charge in [0.25, 0.3) is 0 Å². The SMILES string of the molecule is CCN(c1ccc(C)cc1)c1nc2sccn2c1CN. The summed E-state index contributed by atoms with van der Waals surface area (Å²) in [5, 5.41) is 2.04. The Hall–Kier alpha value is -1.85. The fourth-order valence-electron chi connectivity index (χ4n) is 2.41. The molecule has 1 aromatic carbocycles. The van der Waals surface area contributed by atoms with Crippen molar-refractivity contribution in [2.45, 2.75) is 20.4 Å². The Labute approximate surface area is 122 Å². The summed E-state index contributed by atoms with van der Waals surface area (Å²) in [5.41, 5.74) is 9.40. The van der Waals surface area contributed by atoms with Crippen molar-refractivity contribution in [2.24, 2.45) is 5.73 Å². The van der Waals surface area contributed by atoms with E-state index in [4.69, 9.17) is 10.7 Å². The molecule has 104 valence electrons. The highest BCUT2D eigenvalue weighted by Crippen LogP contribution is 2.30. The van der Waals surface area contributed by atoms with Crippen LogP contribution in [0.3, 0.4) is 0 Å². The summed E-state index contributed by atoms with van der Waals surface area (Å²) in [7, 11) is 0. The van der Waals surface area contributed by atoms with Crippen LogP contribution < -0.4 is 10.6 Å². The molecule has 0 amide bonds. The molecule has 5 heteroatoms. The standard InChI is InChI=1S/C15H18N4S/c1-3-18(12-6-4-11(2)5-7-12)14-13(10-16)19-8-9-20-15(19)17-14/h4-9H,3,10,16H2,1-2H3. The van der Waals surface area contributed by atoms with Gasteiger partial charge in [0.15, 0.2) is 10.8 Å². The van der Waals surface area contributed by atoms with Crippen molar-refractivity contribution in [3.63, 3.8) is 0 Å². The van der Waals surface area contributed by atoms with E-state index in [0.29, 0.717) is 6.54 Å². The van der Waals surface area contributed by atoms with E-state index in [-0.39, 0.29) is 0 Å². The Bertz CT molecular complexity index is 711. The van der Waals surface area contributed by atoms with E-state index in [1.165, 1.54) is 5.56 Å². The molecule has 0 atom stereocenters. The number of hydrogen-bond acceptors (Lipinski definition) is 4. The van der Waals surface area contributed by atoms with E-state index >= 15 is 0 Å². The summed E-state index contributed by atoms with van der Waals surface area (Å²) in [6, 6.07) is 8.51. The van der Waals surface area contributed by atoms with Crippen LogP contribution in [0.15, 0.2) is 35.8 Å². The number of nitrogens with zero attached hydrogens (tertiary/aromatic N) is 3. The number of fused-ring (bicyclic) bond motifs is 1.